The summed E-state index contributed by atoms with van der Waals surface area (Å²) in [5, 5.41) is 0. The van der Waals surface area contributed by atoms with E-state index < -0.39 is 0 Å². The number of esters is 1. The zero-order chi connectivity index (χ0) is 19.8. The van der Waals surface area contributed by atoms with Crippen LogP contribution in [0.15, 0.2) is 0 Å². The van der Waals surface area contributed by atoms with E-state index in [0.29, 0.717) is 6.42 Å². The van der Waals surface area contributed by atoms with Crippen molar-refractivity contribution in [3.8, 4) is 0 Å². The molecule has 6 atom stereocenters. The first-order chi connectivity index (χ1) is 13.7. The van der Waals surface area contributed by atoms with Gasteiger partial charge in [-0.1, -0.05) is 65.2 Å². The third-order valence-corrected chi connectivity index (χ3v) is 8.33. The summed E-state index contributed by atoms with van der Waals surface area (Å²) >= 11 is 0. The SMILES string of the molecule is CCCCCCCCC(=O)O[C@@H]1CCC2C(CCC3C[C@H](CCC)CCC32)C1. The molecule has 0 aromatic carbocycles. The van der Waals surface area contributed by atoms with Crippen LogP contribution in [0.2, 0.25) is 0 Å². The van der Waals surface area contributed by atoms with Crippen LogP contribution in [-0.4, -0.2) is 12.1 Å². The van der Waals surface area contributed by atoms with Gasteiger partial charge in [0, 0.05) is 6.42 Å². The van der Waals surface area contributed by atoms with E-state index in [4.69, 9.17) is 4.74 Å². The maximum absolute atomic E-state index is 12.3. The Morgan fingerprint density at radius 1 is 0.750 bits per heavy atom. The minimum Gasteiger partial charge on any atom is -0.462 e. The summed E-state index contributed by atoms with van der Waals surface area (Å²) in [5.74, 6) is 4.87. The van der Waals surface area contributed by atoms with Crippen molar-refractivity contribution in [1.29, 1.82) is 0 Å². The monoisotopic (exact) mass is 390 g/mol. The second-order valence-electron chi connectivity index (χ2n) is 10.3. The number of rotatable bonds is 10. The van der Waals surface area contributed by atoms with Crippen LogP contribution in [0.4, 0.5) is 0 Å². The van der Waals surface area contributed by atoms with Crippen molar-refractivity contribution < 1.29 is 9.53 Å². The minimum absolute atomic E-state index is 0.0766. The molecular formula is C26H46O2. The summed E-state index contributed by atoms with van der Waals surface area (Å²) in [6.07, 6.45) is 22.0. The number of carbonyl (C=O) groups is 1. The Hall–Kier alpha value is -0.530. The minimum atomic E-state index is 0.0766. The Morgan fingerprint density at radius 2 is 1.43 bits per heavy atom. The lowest BCUT2D eigenvalue weighted by atomic mass is 9.56. The highest BCUT2D eigenvalue weighted by Gasteiger charge is 2.44. The normalized spacial score (nSPS) is 35.1. The van der Waals surface area contributed by atoms with Gasteiger partial charge in [0.15, 0.2) is 0 Å². The zero-order valence-corrected chi connectivity index (χ0v) is 18.8. The van der Waals surface area contributed by atoms with Gasteiger partial charge in [0.05, 0.1) is 0 Å². The molecule has 162 valence electrons. The van der Waals surface area contributed by atoms with Crippen LogP contribution in [0.1, 0.15) is 123 Å². The fourth-order valence-electron chi connectivity index (χ4n) is 6.92. The average Bonchev–Trinajstić information content (AvgIpc) is 2.70. The second kappa shape index (κ2) is 11.6. The largest absolute Gasteiger partial charge is 0.462 e. The van der Waals surface area contributed by atoms with Crippen LogP contribution >= 0.6 is 0 Å². The van der Waals surface area contributed by atoms with Gasteiger partial charge in [0.2, 0.25) is 0 Å². The first-order valence-corrected chi connectivity index (χ1v) is 12.9. The van der Waals surface area contributed by atoms with Crippen LogP contribution in [0.5, 0.6) is 0 Å². The molecule has 3 aliphatic rings. The Balaban J connectivity index is 1.36. The molecule has 0 heterocycles. The van der Waals surface area contributed by atoms with Crippen molar-refractivity contribution in [2.75, 3.05) is 0 Å². The lowest BCUT2D eigenvalue weighted by Gasteiger charge is -2.50. The van der Waals surface area contributed by atoms with Gasteiger partial charge in [-0.2, -0.15) is 0 Å². The lowest BCUT2D eigenvalue weighted by molar-refractivity contribution is -0.153. The predicted octanol–water partition coefficient (Wildman–Crippen LogP) is 7.69. The predicted molar refractivity (Wildman–Crippen MR) is 117 cm³/mol. The number of hydrogen-bond donors (Lipinski definition) is 0. The summed E-state index contributed by atoms with van der Waals surface area (Å²) < 4.78 is 5.91. The third-order valence-electron chi connectivity index (χ3n) is 8.33. The maximum Gasteiger partial charge on any atom is 0.306 e. The summed E-state index contributed by atoms with van der Waals surface area (Å²) in [4.78, 5) is 12.3. The van der Waals surface area contributed by atoms with E-state index in [1.807, 2.05) is 0 Å². The molecule has 28 heavy (non-hydrogen) atoms. The first-order valence-electron chi connectivity index (χ1n) is 12.9. The van der Waals surface area contributed by atoms with Crippen molar-refractivity contribution >= 4 is 5.97 Å². The van der Waals surface area contributed by atoms with Crippen LogP contribution < -0.4 is 0 Å². The van der Waals surface area contributed by atoms with E-state index in [2.05, 4.69) is 13.8 Å². The zero-order valence-electron chi connectivity index (χ0n) is 18.8. The van der Waals surface area contributed by atoms with Gasteiger partial charge in [0.1, 0.15) is 6.10 Å². The van der Waals surface area contributed by atoms with Crippen molar-refractivity contribution in [3.63, 3.8) is 0 Å². The Labute approximate surface area is 174 Å². The van der Waals surface area contributed by atoms with E-state index >= 15 is 0 Å². The number of hydrogen-bond acceptors (Lipinski definition) is 2. The van der Waals surface area contributed by atoms with E-state index in [0.717, 1.165) is 48.9 Å². The number of fused-ring (bicyclic) bond motifs is 3. The van der Waals surface area contributed by atoms with Gasteiger partial charge < -0.3 is 4.74 Å². The average molecular weight is 391 g/mol. The molecule has 0 bridgehead atoms. The Kier molecular flexibility index (Phi) is 9.18. The second-order valence-corrected chi connectivity index (χ2v) is 10.3. The van der Waals surface area contributed by atoms with Gasteiger partial charge in [-0.25, -0.2) is 0 Å². The van der Waals surface area contributed by atoms with E-state index in [1.54, 1.807) is 0 Å². The van der Waals surface area contributed by atoms with E-state index in [1.165, 1.54) is 83.5 Å². The quantitative estimate of drug-likeness (QED) is 0.282. The van der Waals surface area contributed by atoms with Gasteiger partial charge in [-0.05, 0) is 81.0 Å². The molecule has 0 amide bonds. The molecule has 4 unspecified atom stereocenters. The topological polar surface area (TPSA) is 26.3 Å². The number of ether oxygens (including phenoxy) is 1. The van der Waals surface area contributed by atoms with Crippen molar-refractivity contribution in [2.24, 2.45) is 29.6 Å². The third kappa shape index (κ3) is 6.23. The molecule has 0 aromatic heterocycles. The number of carbonyl (C=O) groups excluding carboxylic acids is 1. The summed E-state index contributed by atoms with van der Waals surface area (Å²) in [6.45, 7) is 4.59. The Bertz CT molecular complexity index is 459. The van der Waals surface area contributed by atoms with Crippen LogP contribution in [0, 0.1) is 29.6 Å². The molecule has 2 nitrogen and oxygen atoms in total. The molecule has 3 saturated carbocycles. The highest BCUT2D eigenvalue weighted by atomic mass is 16.5. The molecule has 0 radical (unpaired) electrons. The molecular weight excluding hydrogens is 344 g/mol. The molecule has 0 aliphatic heterocycles. The van der Waals surface area contributed by atoms with Crippen LogP contribution in [-0.2, 0) is 9.53 Å². The molecule has 0 spiro atoms. The molecule has 0 N–H and O–H groups in total. The molecule has 3 aliphatic carbocycles. The Morgan fingerprint density at radius 3 is 2.18 bits per heavy atom. The fraction of sp³-hybridized carbons (Fsp3) is 0.962. The van der Waals surface area contributed by atoms with Gasteiger partial charge >= 0.3 is 5.97 Å². The highest BCUT2D eigenvalue weighted by Crippen LogP contribution is 2.53. The van der Waals surface area contributed by atoms with Gasteiger partial charge in [-0.3, -0.25) is 4.79 Å². The molecule has 2 heteroatoms. The van der Waals surface area contributed by atoms with Crippen molar-refractivity contribution in [1.82, 2.24) is 0 Å². The van der Waals surface area contributed by atoms with Gasteiger partial charge in [0.25, 0.3) is 0 Å². The molecule has 0 saturated heterocycles. The first kappa shape index (κ1) is 22.2. The van der Waals surface area contributed by atoms with Crippen LogP contribution in [0.3, 0.4) is 0 Å². The van der Waals surface area contributed by atoms with E-state index in [-0.39, 0.29) is 12.1 Å². The van der Waals surface area contributed by atoms with E-state index in [9.17, 15) is 4.79 Å². The summed E-state index contributed by atoms with van der Waals surface area (Å²) in [7, 11) is 0. The highest BCUT2D eigenvalue weighted by molar-refractivity contribution is 5.69. The molecule has 0 aromatic rings. The smallest absolute Gasteiger partial charge is 0.306 e. The number of unbranched alkanes of at least 4 members (excludes halogenated alkanes) is 5. The molecule has 3 fully saturated rings. The lowest BCUT2D eigenvalue weighted by Crippen LogP contribution is -2.43. The maximum atomic E-state index is 12.3. The fourth-order valence-corrected chi connectivity index (χ4v) is 6.92. The molecule has 3 rings (SSSR count). The summed E-state index contributed by atoms with van der Waals surface area (Å²) in [5.41, 5.74) is 0. The standard InChI is InChI=1S/C26H46O2/c1-3-5-6-7-8-9-11-26(27)28-23-15-17-25-22(19-23)14-13-21-18-20(10-4-2)12-16-24(21)25/h20-25H,3-19H2,1-2H3/t20-,21?,22?,23-,24?,25?/m1/s1. The van der Waals surface area contributed by atoms with Crippen molar-refractivity contribution in [3.05, 3.63) is 0 Å². The van der Waals surface area contributed by atoms with Crippen molar-refractivity contribution in [2.45, 2.75) is 129 Å². The van der Waals surface area contributed by atoms with Crippen LogP contribution in [0.25, 0.3) is 0 Å². The van der Waals surface area contributed by atoms with Gasteiger partial charge in [-0.15, -0.1) is 0 Å². The summed E-state index contributed by atoms with van der Waals surface area (Å²) in [6, 6.07) is 0.